The number of anilines is 1. The van der Waals surface area contributed by atoms with E-state index in [0.717, 1.165) is 22.0 Å². The molecule has 0 bridgehead atoms. The van der Waals surface area contributed by atoms with E-state index in [-0.39, 0.29) is 6.04 Å². The van der Waals surface area contributed by atoms with Gasteiger partial charge in [-0.1, -0.05) is 12.1 Å². The smallest absolute Gasteiger partial charge is 0.162 e. The van der Waals surface area contributed by atoms with Gasteiger partial charge in [-0.2, -0.15) is 0 Å². The third-order valence-electron chi connectivity index (χ3n) is 3.43. The Morgan fingerprint density at radius 2 is 1.86 bits per heavy atom. The van der Waals surface area contributed by atoms with E-state index in [2.05, 4.69) is 39.9 Å². The largest absolute Gasteiger partial charge is 0.378 e. The molecule has 0 amide bonds. The first-order chi connectivity index (χ1) is 10.0. The van der Waals surface area contributed by atoms with E-state index in [1.165, 1.54) is 0 Å². The van der Waals surface area contributed by atoms with Gasteiger partial charge in [0.1, 0.15) is 0 Å². The maximum atomic E-state index is 5.65. The van der Waals surface area contributed by atoms with Crippen LogP contribution in [0.1, 0.15) is 18.9 Å². The highest BCUT2D eigenvalue weighted by molar-refractivity contribution is 7.09. The fourth-order valence-electron chi connectivity index (χ4n) is 2.24. The molecule has 1 aromatic heterocycles. The second-order valence-corrected chi connectivity index (χ2v) is 6.75. The summed E-state index contributed by atoms with van der Waals surface area (Å²) in [5.41, 5.74) is 3.25. The molecular formula is C16H20N2O2S. The van der Waals surface area contributed by atoms with Crippen LogP contribution in [-0.2, 0) is 9.47 Å². The van der Waals surface area contributed by atoms with Gasteiger partial charge >= 0.3 is 0 Å². The quantitative estimate of drug-likeness (QED) is 0.939. The lowest BCUT2D eigenvalue weighted by Crippen LogP contribution is -2.45. The standard InChI is InChI=1S/C16H20N2O2S/c1-11-17-15(10-21-11)12-4-6-13(7-5-12)18-14-8-19-16(2,3)20-9-14/h4-7,10,14,18H,8-9H2,1-3H3. The Labute approximate surface area is 129 Å². The Balaban J connectivity index is 1.63. The molecule has 4 nitrogen and oxygen atoms in total. The van der Waals surface area contributed by atoms with Crippen molar-refractivity contribution in [2.24, 2.45) is 0 Å². The Morgan fingerprint density at radius 1 is 1.19 bits per heavy atom. The molecule has 0 radical (unpaired) electrons. The first kappa shape index (κ1) is 14.5. The van der Waals surface area contributed by atoms with Crippen LogP contribution >= 0.6 is 11.3 Å². The van der Waals surface area contributed by atoms with Crippen LogP contribution in [0, 0.1) is 6.92 Å². The van der Waals surface area contributed by atoms with Crippen LogP contribution in [-0.4, -0.2) is 30.0 Å². The molecule has 1 fully saturated rings. The number of aromatic nitrogens is 1. The molecule has 0 spiro atoms. The first-order valence-electron chi connectivity index (χ1n) is 7.09. The second-order valence-electron chi connectivity index (χ2n) is 5.69. The predicted molar refractivity (Wildman–Crippen MR) is 85.7 cm³/mol. The van der Waals surface area contributed by atoms with Crippen LogP contribution in [0.5, 0.6) is 0 Å². The molecule has 1 aromatic carbocycles. The Bertz CT molecular complexity index is 597. The van der Waals surface area contributed by atoms with Gasteiger partial charge in [-0.15, -0.1) is 11.3 Å². The summed E-state index contributed by atoms with van der Waals surface area (Å²) in [5.74, 6) is -0.468. The van der Waals surface area contributed by atoms with E-state index in [0.29, 0.717) is 13.2 Å². The molecule has 1 saturated heterocycles. The molecule has 2 aromatic rings. The van der Waals surface area contributed by atoms with Crippen molar-refractivity contribution in [3.63, 3.8) is 0 Å². The minimum atomic E-state index is -0.468. The highest BCUT2D eigenvalue weighted by Gasteiger charge is 2.28. The average molecular weight is 304 g/mol. The zero-order valence-electron chi connectivity index (χ0n) is 12.6. The van der Waals surface area contributed by atoms with E-state index < -0.39 is 5.79 Å². The van der Waals surface area contributed by atoms with E-state index in [1.54, 1.807) is 11.3 Å². The van der Waals surface area contributed by atoms with Crippen molar-refractivity contribution >= 4 is 17.0 Å². The minimum absolute atomic E-state index is 0.186. The van der Waals surface area contributed by atoms with Crippen LogP contribution in [0.2, 0.25) is 0 Å². The Morgan fingerprint density at radius 3 is 2.43 bits per heavy atom. The SMILES string of the molecule is Cc1nc(-c2ccc(NC3COC(C)(C)OC3)cc2)cs1. The van der Waals surface area contributed by atoms with Gasteiger partial charge in [-0.3, -0.25) is 0 Å². The highest BCUT2D eigenvalue weighted by atomic mass is 32.1. The van der Waals surface area contributed by atoms with Gasteiger partial charge in [0, 0.05) is 16.6 Å². The molecule has 0 unspecified atom stereocenters. The Hall–Kier alpha value is -1.43. The van der Waals surface area contributed by atoms with Crippen LogP contribution in [0.3, 0.4) is 0 Å². The summed E-state index contributed by atoms with van der Waals surface area (Å²) in [6, 6.07) is 8.51. The van der Waals surface area contributed by atoms with Crippen molar-refractivity contribution in [3.05, 3.63) is 34.7 Å². The van der Waals surface area contributed by atoms with Crippen molar-refractivity contribution in [2.45, 2.75) is 32.6 Å². The van der Waals surface area contributed by atoms with Crippen molar-refractivity contribution < 1.29 is 9.47 Å². The maximum absolute atomic E-state index is 5.65. The second kappa shape index (κ2) is 5.75. The number of hydrogen-bond donors (Lipinski definition) is 1. The maximum Gasteiger partial charge on any atom is 0.162 e. The molecule has 1 N–H and O–H groups in total. The summed E-state index contributed by atoms with van der Waals surface area (Å²) in [4.78, 5) is 4.50. The summed E-state index contributed by atoms with van der Waals surface area (Å²) in [6.07, 6.45) is 0. The summed E-state index contributed by atoms with van der Waals surface area (Å²) >= 11 is 1.67. The number of rotatable bonds is 3. The summed E-state index contributed by atoms with van der Waals surface area (Å²) in [6.45, 7) is 7.20. The number of benzene rings is 1. The topological polar surface area (TPSA) is 43.4 Å². The van der Waals surface area contributed by atoms with Crippen molar-refractivity contribution in [2.75, 3.05) is 18.5 Å². The number of thiazole rings is 1. The fraction of sp³-hybridized carbons (Fsp3) is 0.438. The minimum Gasteiger partial charge on any atom is -0.378 e. The molecule has 0 aliphatic carbocycles. The molecule has 21 heavy (non-hydrogen) atoms. The lowest BCUT2D eigenvalue weighted by Gasteiger charge is -2.35. The van der Waals surface area contributed by atoms with Gasteiger partial charge in [-0.25, -0.2) is 4.98 Å². The fourth-order valence-corrected chi connectivity index (χ4v) is 2.87. The van der Waals surface area contributed by atoms with Crippen molar-refractivity contribution in [1.29, 1.82) is 0 Å². The van der Waals surface area contributed by atoms with Crippen LogP contribution < -0.4 is 5.32 Å². The molecule has 5 heteroatoms. The highest BCUT2D eigenvalue weighted by Crippen LogP contribution is 2.24. The van der Waals surface area contributed by atoms with E-state index in [1.807, 2.05) is 20.8 Å². The Kier molecular flexibility index (Phi) is 3.97. The summed E-state index contributed by atoms with van der Waals surface area (Å²) in [7, 11) is 0. The average Bonchev–Trinajstić information content (AvgIpc) is 2.89. The number of hydrogen-bond acceptors (Lipinski definition) is 5. The van der Waals surface area contributed by atoms with Crippen LogP contribution in [0.25, 0.3) is 11.3 Å². The number of aryl methyl sites for hydroxylation is 1. The molecule has 1 aliphatic heterocycles. The number of nitrogens with zero attached hydrogens (tertiary/aromatic N) is 1. The van der Waals surface area contributed by atoms with Gasteiger partial charge < -0.3 is 14.8 Å². The molecule has 0 atom stereocenters. The molecule has 0 saturated carbocycles. The number of nitrogens with one attached hydrogen (secondary N) is 1. The van der Waals surface area contributed by atoms with Crippen LogP contribution in [0.4, 0.5) is 5.69 Å². The summed E-state index contributed by atoms with van der Waals surface area (Å²) in [5, 5.41) is 6.61. The van der Waals surface area contributed by atoms with E-state index in [4.69, 9.17) is 9.47 Å². The lowest BCUT2D eigenvalue weighted by atomic mass is 10.1. The third kappa shape index (κ3) is 3.61. The zero-order chi connectivity index (χ0) is 14.9. The van der Waals surface area contributed by atoms with Crippen LogP contribution in [0.15, 0.2) is 29.6 Å². The molecule has 1 aliphatic rings. The van der Waals surface area contributed by atoms with Crippen molar-refractivity contribution in [3.8, 4) is 11.3 Å². The van der Waals surface area contributed by atoms with Gasteiger partial charge in [0.15, 0.2) is 5.79 Å². The third-order valence-corrected chi connectivity index (χ3v) is 4.21. The molecule has 3 rings (SSSR count). The van der Waals surface area contributed by atoms with Gasteiger partial charge in [-0.05, 0) is 32.9 Å². The van der Waals surface area contributed by atoms with Gasteiger partial charge in [0.05, 0.1) is 30.0 Å². The molecule has 112 valence electrons. The lowest BCUT2D eigenvalue weighted by molar-refractivity contribution is -0.247. The normalized spacial score (nSPS) is 18.6. The van der Waals surface area contributed by atoms with Crippen molar-refractivity contribution in [1.82, 2.24) is 4.98 Å². The predicted octanol–water partition coefficient (Wildman–Crippen LogP) is 3.68. The number of ether oxygens (including phenoxy) is 2. The molecule has 2 heterocycles. The van der Waals surface area contributed by atoms with Gasteiger partial charge in [0.25, 0.3) is 0 Å². The van der Waals surface area contributed by atoms with Gasteiger partial charge in [0.2, 0.25) is 0 Å². The first-order valence-corrected chi connectivity index (χ1v) is 7.97. The van der Waals surface area contributed by atoms with E-state index >= 15 is 0 Å². The monoisotopic (exact) mass is 304 g/mol. The summed E-state index contributed by atoms with van der Waals surface area (Å²) < 4.78 is 11.3. The van der Waals surface area contributed by atoms with E-state index in [9.17, 15) is 0 Å². The molecular weight excluding hydrogens is 284 g/mol. The zero-order valence-corrected chi connectivity index (χ0v) is 13.4.